The molecule has 2 heterocycles. The summed E-state index contributed by atoms with van der Waals surface area (Å²) in [5, 5.41) is 10.1. The second kappa shape index (κ2) is 12.6. The zero-order chi connectivity index (χ0) is 27.2. The fourth-order valence-corrected chi connectivity index (χ4v) is 5.60. The first-order chi connectivity index (χ1) is 18.3. The summed E-state index contributed by atoms with van der Waals surface area (Å²) in [5.74, 6) is 0.441. The second-order valence-corrected chi connectivity index (χ2v) is 10.7. The molecular weight excluding hydrogens is 504 g/mol. The zero-order valence-electron chi connectivity index (χ0n) is 22.2. The number of aliphatic hydroxyl groups excluding tert-OH is 1. The normalized spacial score (nSPS) is 16.5. The number of likely N-dealkylation sites (tertiary alicyclic amines) is 1. The van der Waals surface area contributed by atoms with Gasteiger partial charge in [0.2, 0.25) is 5.91 Å². The van der Waals surface area contributed by atoms with Gasteiger partial charge in [0.25, 0.3) is 5.91 Å². The molecule has 0 spiro atoms. The molecule has 0 radical (unpaired) electrons. The number of aliphatic hydroxyl groups is 1. The molecule has 10 heteroatoms. The van der Waals surface area contributed by atoms with Crippen molar-refractivity contribution < 1.29 is 19.4 Å². The number of rotatable bonds is 11. The number of ether oxygens (including phenoxy) is 1. The third kappa shape index (κ3) is 6.80. The second-order valence-electron chi connectivity index (χ2n) is 9.67. The van der Waals surface area contributed by atoms with Crippen molar-refractivity contribution in [3.8, 4) is 5.75 Å². The highest BCUT2D eigenvalue weighted by molar-refractivity contribution is 7.16. The zero-order valence-corrected chi connectivity index (χ0v) is 23.0. The van der Waals surface area contributed by atoms with Crippen molar-refractivity contribution in [3.63, 3.8) is 0 Å². The monoisotopic (exact) mass is 540 g/mol. The first-order valence-electron chi connectivity index (χ1n) is 13.1. The van der Waals surface area contributed by atoms with E-state index in [-0.39, 0.29) is 41.9 Å². The van der Waals surface area contributed by atoms with Crippen molar-refractivity contribution in [1.82, 2.24) is 19.7 Å². The number of aromatic amines is 1. The van der Waals surface area contributed by atoms with Crippen molar-refractivity contribution in [3.05, 3.63) is 63.3 Å². The summed E-state index contributed by atoms with van der Waals surface area (Å²) in [4.78, 5) is 45.9. The number of hydrogen-bond acceptors (Lipinski definition) is 7. The van der Waals surface area contributed by atoms with Gasteiger partial charge in [-0.2, -0.15) is 0 Å². The lowest BCUT2D eigenvalue weighted by molar-refractivity contribution is -0.133. The van der Waals surface area contributed by atoms with E-state index in [1.54, 1.807) is 16.8 Å². The van der Waals surface area contributed by atoms with Crippen LogP contribution in [0.4, 0.5) is 0 Å². The Hall–Kier alpha value is -3.21. The van der Waals surface area contributed by atoms with Gasteiger partial charge in [0, 0.05) is 39.8 Å². The number of benzene rings is 2. The van der Waals surface area contributed by atoms with Gasteiger partial charge in [-0.25, -0.2) is 0 Å². The maximum atomic E-state index is 13.5. The fraction of sp³-hybridized carbons (Fsp3) is 0.464. The number of nitrogens with one attached hydrogen (secondary N) is 1. The molecule has 0 saturated carbocycles. The summed E-state index contributed by atoms with van der Waals surface area (Å²) in [6.45, 7) is 6.98. The minimum Gasteiger partial charge on any atom is -0.484 e. The molecule has 2 N–H and O–H groups in total. The maximum absolute atomic E-state index is 13.5. The highest BCUT2D eigenvalue weighted by Gasteiger charge is 2.28. The smallest absolute Gasteiger partial charge is 0.305 e. The first kappa shape index (κ1) is 27.8. The van der Waals surface area contributed by atoms with E-state index >= 15 is 0 Å². The van der Waals surface area contributed by atoms with Crippen LogP contribution in [0, 0.1) is 0 Å². The molecule has 1 aliphatic heterocycles. The van der Waals surface area contributed by atoms with Crippen LogP contribution in [0.25, 0.3) is 10.2 Å². The molecule has 0 unspecified atom stereocenters. The minimum absolute atomic E-state index is 0.0456. The number of fused-ring (bicyclic) bond motifs is 1. The van der Waals surface area contributed by atoms with E-state index in [0.717, 1.165) is 39.2 Å². The number of likely N-dealkylation sites (N-methyl/N-ethyl adjacent to an activating group) is 2. The van der Waals surface area contributed by atoms with E-state index in [9.17, 15) is 19.5 Å². The highest BCUT2D eigenvalue weighted by atomic mass is 32.1. The average molecular weight is 541 g/mol. The van der Waals surface area contributed by atoms with Gasteiger partial charge >= 0.3 is 4.87 Å². The Bertz CT molecular complexity index is 1320. The number of thiazole rings is 1. The lowest BCUT2D eigenvalue weighted by atomic mass is 10.0. The molecule has 2 atom stereocenters. The van der Waals surface area contributed by atoms with Gasteiger partial charge in [0.1, 0.15) is 5.75 Å². The van der Waals surface area contributed by atoms with Crippen LogP contribution in [0.15, 0.2) is 47.3 Å². The Morgan fingerprint density at radius 1 is 1.18 bits per heavy atom. The van der Waals surface area contributed by atoms with Crippen molar-refractivity contribution >= 4 is 33.4 Å². The Labute approximate surface area is 226 Å². The van der Waals surface area contributed by atoms with Gasteiger partial charge < -0.3 is 24.6 Å². The number of β-amino-alcohol motifs (C(OH)–C–C–N with tert-alkyl or cyclic N) is 1. The summed E-state index contributed by atoms with van der Waals surface area (Å²) >= 11 is 1.15. The van der Waals surface area contributed by atoms with Crippen LogP contribution in [0.3, 0.4) is 0 Å². The number of aromatic nitrogens is 1. The molecule has 38 heavy (non-hydrogen) atoms. The molecule has 3 aromatic rings. The van der Waals surface area contributed by atoms with Crippen LogP contribution in [-0.4, -0.2) is 89.1 Å². The first-order valence-corrected chi connectivity index (χ1v) is 13.9. The number of nitrogens with zero attached hydrogens (tertiary/aromatic N) is 3. The number of amides is 2. The van der Waals surface area contributed by atoms with Crippen LogP contribution in [0.2, 0.25) is 0 Å². The van der Waals surface area contributed by atoms with Crippen LogP contribution in [0.1, 0.15) is 37.4 Å². The van der Waals surface area contributed by atoms with Crippen molar-refractivity contribution in [2.24, 2.45) is 0 Å². The minimum atomic E-state index is -0.364. The van der Waals surface area contributed by atoms with E-state index in [2.05, 4.69) is 9.88 Å². The lowest BCUT2D eigenvalue weighted by Gasteiger charge is -2.32. The molecule has 4 rings (SSSR count). The summed E-state index contributed by atoms with van der Waals surface area (Å²) in [7, 11) is 1.79. The third-order valence-corrected chi connectivity index (χ3v) is 7.96. The number of carbonyl (C=O) groups is 2. The molecule has 1 fully saturated rings. The fourth-order valence-electron chi connectivity index (χ4n) is 4.88. The predicted octanol–water partition coefficient (Wildman–Crippen LogP) is 2.65. The van der Waals surface area contributed by atoms with E-state index in [1.807, 2.05) is 56.3 Å². The van der Waals surface area contributed by atoms with Crippen LogP contribution in [0.5, 0.6) is 5.75 Å². The summed E-state index contributed by atoms with van der Waals surface area (Å²) in [5.41, 5.74) is 2.46. The Kier molecular flexibility index (Phi) is 9.19. The van der Waals surface area contributed by atoms with Gasteiger partial charge in [0.15, 0.2) is 6.61 Å². The Balaban J connectivity index is 1.52. The highest BCUT2D eigenvalue weighted by Crippen LogP contribution is 2.27. The molecule has 1 saturated heterocycles. The van der Waals surface area contributed by atoms with Crippen LogP contribution >= 0.6 is 11.3 Å². The van der Waals surface area contributed by atoms with Gasteiger partial charge in [-0.1, -0.05) is 29.5 Å². The molecule has 0 bridgehead atoms. The van der Waals surface area contributed by atoms with E-state index in [0.29, 0.717) is 38.3 Å². The van der Waals surface area contributed by atoms with Crippen LogP contribution < -0.4 is 9.61 Å². The van der Waals surface area contributed by atoms with Crippen molar-refractivity contribution in [1.29, 1.82) is 0 Å². The quantitative estimate of drug-likeness (QED) is 0.387. The van der Waals surface area contributed by atoms with Gasteiger partial charge in [0.05, 0.1) is 28.8 Å². The molecule has 1 aromatic heterocycles. The average Bonchev–Trinajstić information content (AvgIpc) is 3.49. The maximum Gasteiger partial charge on any atom is 0.305 e. The molecule has 9 nitrogen and oxygen atoms in total. The SMILES string of the molecule is CCN(CC)C(=O)COc1cccc([C@@H](CN2CC[C@H](O)C2)N(C)C(=O)Cc2ccc3sc(=O)[nH]c3c2)c1. The number of hydrogen-bond donors (Lipinski definition) is 2. The third-order valence-electron chi connectivity index (χ3n) is 7.10. The summed E-state index contributed by atoms with van der Waals surface area (Å²) in [6.07, 6.45) is 0.537. The molecule has 204 valence electrons. The van der Waals surface area contributed by atoms with E-state index < -0.39 is 0 Å². The number of H-pyrrole nitrogens is 1. The Morgan fingerprint density at radius 3 is 2.68 bits per heavy atom. The number of carbonyl (C=O) groups excluding carboxylic acids is 2. The van der Waals surface area contributed by atoms with Gasteiger partial charge in [-0.05, 0) is 55.7 Å². The van der Waals surface area contributed by atoms with Gasteiger partial charge in [-0.3, -0.25) is 19.3 Å². The molecule has 2 amide bonds. The standard InChI is InChI=1S/C28H36N4O5S/c1-4-32(5-2)27(35)18-37-22-8-6-7-20(15-22)24(17-31-12-11-21(33)16-31)30(3)26(34)14-19-9-10-25-23(13-19)29-28(36)38-25/h6-10,13,15,21,24,33H,4-5,11-12,14,16-18H2,1-3H3,(H,29,36)/t21-,24+/m0/s1. The van der Waals surface area contributed by atoms with Gasteiger partial charge in [-0.15, -0.1) is 0 Å². The topological polar surface area (TPSA) is 106 Å². The Morgan fingerprint density at radius 2 is 1.97 bits per heavy atom. The predicted molar refractivity (Wildman–Crippen MR) is 149 cm³/mol. The van der Waals surface area contributed by atoms with E-state index in [4.69, 9.17) is 4.74 Å². The summed E-state index contributed by atoms with van der Waals surface area (Å²) < 4.78 is 6.70. The molecule has 0 aliphatic carbocycles. The molecule has 2 aromatic carbocycles. The molecule has 1 aliphatic rings. The van der Waals surface area contributed by atoms with E-state index in [1.165, 1.54) is 0 Å². The van der Waals surface area contributed by atoms with Crippen molar-refractivity contribution in [2.45, 2.75) is 38.8 Å². The molecular formula is C28H36N4O5S. The summed E-state index contributed by atoms with van der Waals surface area (Å²) in [6, 6.07) is 12.9. The lowest BCUT2D eigenvalue weighted by Crippen LogP contribution is -2.39. The largest absolute Gasteiger partial charge is 0.484 e. The van der Waals surface area contributed by atoms with Crippen molar-refractivity contribution in [2.75, 3.05) is 46.4 Å². The van der Waals surface area contributed by atoms with Crippen LogP contribution in [-0.2, 0) is 16.0 Å².